The number of fused-ring (bicyclic) bond motifs is 14. The van der Waals surface area contributed by atoms with Crippen molar-refractivity contribution >= 4 is 136 Å². The maximum absolute atomic E-state index is 6.53. The van der Waals surface area contributed by atoms with E-state index in [9.17, 15) is 0 Å². The van der Waals surface area contributed by atoms with Crippen molar-refractivity contribution in [2.45, 2.75) is 52.4 Å². The standard InChI is InChI=1S/C56H42BN2OS2/c1-55(2,3)30-15-18-32(19-16-30)58-44-29-52-41(40-23-31(56(4,5)6)17-22-50(40)62-52)24-37(44)35-20-21-36-38-27-48-39(33-11-7-9-13-47(33)60-48)25-45(38)59-46-26-42-34-12-8-10-14-49(34)61-51(42)28-43(46)57-53(35)54(36)59/h7-29,58H,1-6H3. The molecule has 1 aliphatic heterocycles. The Bertz CT molecular complexity index is 3880. The average molecular weight is 834 g/mol. The minimum atomic E-state index is 0.0458. The summed E-state index contributed by atoms with van der Waals surface area (Å²) in [6.45, 7) is 13.7. The molecule has 8 aromatic carbocycles. The molecule has 0 amide bonds. The van der Waals surface area contributed by atoms with Crippen LogP contribution in [0.1, 0.15) is 52.7 Å². The molecule has 1 aliphatic rings. The van der Waals surface area contributed by atoms with E-state index in [4.69, 9.17) is 4.42 Å². The average Bonchev–Trinajstić information content (AvgIpc) is 4.00. The molecule has 0 aliphatic carbocycles. The lowest BCUT2D eigenvalue weighted by Crippen LogP contribution is -2.37. The molecule has 0 fully saturated rings. The predicted molar refractivity (Wildman–Crippen MR) is 271 cm³/mol. The zero-order valence-electron chi connectivity index (χ0n) is 35.5. The number of aromatic nitrogens is 1. The van der Waals surface area contributed by atoms with Crippen LogP contribution in [0.5, 0.6) is 0 Å². The third-order valence-corrected chi connectivity index (χ3v) is 15.6. The van der Waals surface area contributed by atoms with Crippen molar-refractivity contribution in [3.05, 3.63) is 151 Å². The van der Waals surface area contributed by atoms with Gasteiger partial charge in [-0.3, -0.25) is 0 Å². The lowest BCUT2D eigenvalue weighted by atomic mass is 9.59. The lowest BCUT2D eigenvalue weighted by Gasteiger charge is -2.24. The largest absolute Gasteiger partial charge is 0.456 e. The van der Waals surface area contributed by atoms with Crippen LogP contribution in [-0.4, -0.2) is 11.8 Å². The number of rotatable bonds is 3. The molecule has 12 aromatic rings. The van der Waals surface area contributed by atoms with Gasteiger partial charge in [-0.15, -0.1) is 22.7 Å². The molecule has 3 nitrogen and oxygen atoms in total. The minimum Gasteiger partial charge on any atom is -0.456 e. The van der Waals surface area contributed by atoms with Gasteiger partial charge < -0.3 is 14.3 Å². The van der Waals surface area contributed by atoms with Gasteiger partial charge in [-0.05, 0) is 106 Å². The molecular formula is C56H42BN2OS2. The second-order valence-electron chi connectivity index (χ2n) is 19.3. The molecule has 1 N–H and O–H groups in total. The van der Waals surface area contributed by atoms with E-state index in [0.29, 0.717) is 0 Å². The van der Waals surface area contributed by atoms with Gasteiger partial charge in [-0.25, -0.2) is 0 Å². The van der Waals surface area contributed by atoms with Crippen LogP contribution in [0.2, 0.25) is 0 Å². The van der Waals surface area contributed by atoms with Crippen LogP contribution in [0.25, 0.3) is 101 Å². The molecule has 0 unspecified atom stereocenters. The fraction of sp³-hybridized carbons (Fsp3) is 0.143. The zero-order valence-corrected chi connectivity index (χ0v) is 37.2. The van der Waals surface area contributed by atoms with Crippen LogP contribution in [0, 0.1) is 0 Å². The highest BCUT2D eigenvalue weighted by Gasteiger charge is 2.29. The third-order valence-electron chi connectivity index (χ3n) is 13.3. The molecule has 5 heterocycles. The van der Waals surface area contributed by atoms with E-state index in [1.807, 2.05) is 22.7 Å². The molecule has 6 heteroatoms. The molecule has 0 bridgehead atoms. The fourth-order valence-corrected chi connectivity index (χ4v) is 12.3. The Morgan fingerprint density at radius 1 is 0.500 bits per heavy atom. The molecule has 62 heavy (non-hydrogen) atoms. The Balaban J connectivity index is 1.12. The molecule has 0 spiro atoms. The van der Waals surface area contributed by atoms with Crippen molar-refractivity contribution in [1.29, 1.82) is 0 Å². The van der Waals surface area contributed by atoms with E-state index in [1.54, 1.807) is 0 Å². The first-order chi connectivity index (χ1) is 29.9. The van der Waals surface area contributed by atoms with Gasteiger partial charge in [0.2, 0.25) is 0 Å². The van der Waals surface area contributed by atoms with Crippen molar-refractivity contribution < 1.29 is 4.42 Å². The van der Waals surface area contributed by atoms with E-state index in [1.165, 1.54) is 101 Å². The van der Waals surface area contributed by atoms with Gasteiger partial charge in [-0.2, -0.15) is 0 Å². The molecule has 4 aromatic heterocycles. The number of furan rings is 1. The van der Waals surface area contributed by atoms with Gasteiger partial charge in [0.15, 0.2) is 7.28 Å². The molecular weight excluding hydrogens is 792 g/mol. The summed E-state index contributed by atoms with van der Waals surface area (Å²) in [4.78, 5) is 0. The maximum Gasteiger partial charge on any atom is 0.197 e. The summed E-state index contributed by atoms with van der Waals surface area (Å²) < 4.78 is 14.3. The topological polar surface area (TPSA) is 30.1 Å². The second-order valence-corrected chi connectivity index (χ2v) is 21.4. The summed E-state index contributed by atoms with van der Waals surface area (Å²) in [6, 6.07) is 52.4. The van der Waals surface area contributed by atoms with E-state index < -0.39 is 0 Å². The first-order valence-corrected chi connectivity index (χ1v) is 23.2. The van der Waals surface area contributed by atoms with Crippen molar-refractivity contribution in [3.8, 4) is 16.8 Å². The Labute approximate surface area is 368 Å². The summed E-state index contributed by atoms with van der Waals surface area (Å²) >= 11 is 3.76. The number of nitrogens with zero attached hydrogens (tertiary/aromatic N) is 1. The van der Waals surface area contributed by atoms with Crippen molar-refractivity contribution in [3.63, 3.8) is 0 Å². The number of hydrogen-bond acceptors (Lipinski definition) is 4. The zero-order chi connectivity index (χ0) is 41.8. The number of nitrogens with one attached hydrogen (secondary N) is 1. The SMILES string of the molecule is CC(C)(C)c1ccc(Nc2cc3sc4ccc(C(C)(C)C)cc4c3cc2-c2ccc3c4cc5oc6ccccc6c5cc4n4c3c2[B]c2cc3sc5ccccc5c3cc2-4)cc1. The van der Waals surface area contributed by atoms with Crippen molar-refractivity contribution in [2.75, 3.05) is 5.32 Å². The molecule has 13 rings (SSSR count). The van der Waals surface area contributed by atoms with Gasteiger partial charge in [0.25, 0.3) is 0 Å². The Kier molecular flexibility index (Phi) is 7.40. The summed E-state index contributed by atoms with van der Waals surface area (Å²) in [6.07, 6.45) is 0. The quantitative estimate of drug-likeness (QED) is 0.180. The monoisotopic (exact) mass is 833 g/mol. The van der Waals surface area contributed by atoms with E-state index >= 15 is 0 Å². The molecule has 0 saturated heterocycles. The van der Waals surface area contributed by atoms with Crippen LogP contribution in [0.4, 0.5) is 11.4 Å². The number of thiophene rings is 2. The van der Waals surface area contributed by atoms with Gasteiger partial charge in [-0.1, -0.05) is 114 Å². The van der Waals surface area contributed by atoms with Gasteiger partial charge >= 0.3 is 0 Å². The third kappa shape index (κ3) is 5.29. The fourth-order valence-electron chi connectivity index (χ4n) is 10.0. The summed E-state index contributed by atoms with van der Waals surface area (Å²) in [5, 5.41) is 13.9. The number of anilines is 2. The highest BCUT2D eigenvalue weighted by atomic mass is 32.1. The Morgan fingerprint density at radius 2 is 1.19 bits per heavy atom. The Hall–Kier alpha value is -6.34. The predicted octanol–water partition coefficient (Wildman–Crippen LogP) is 15.4. The normalized spacial score (nSPS) is 13.1. The minimum absolute atomic E-state index is 0.0458. The molecule has 297 valence electrons. The van der Waals surface area contributed by atoms with E-state index in [-0.39, 0.29) is 10.8 Å². The molecule has 0 atom stereocenters. The van der Waals surface area contributed by atoms with Crippen LogP contribution in [0.3, 0.4) is 0 Å². The van der Waals surface area contributed by atoms with Crippen LogP contribution >= 0.6 is 22.7 Å². The number of benzene rings is 8. The second kappa shape index (κ2) is 12.6. The maximum atomic E-state index is 6.53. The Morgan fingerprint density at radius 3 is 2.00 bits per heavy atom. The van der Waals surface area contributed by atoms with Crippen LogP contribution in [-0.2, 0) is 10.8 Å². The van der Waals surface area contributed by atoms with Crippen molar-refractivity contribution in [2.24, 2.45) is 0 Å². The molecule has 0 saturated carbocycles. The van der Waals surface area contributed by atoms with E-state index in [0.717, 1.165) is 33.3 Å². The highest BCUT2D eigenvalue weighted by Crippen LogP contribution is 2.46. The number of hydrogen-bond donors (Lipinski definition) is 1. The van der Waals surface area contributed by atoms with Crippen molar-refractivity contribution in [1.82, 2.24) is 4.57 Å². The van der Waals surface area contributed by atoms with Crippen LogP contribution in [0.15, 0.2) is 144 Å². The van der Waals surface area contributed by atoms with Gasteiger partial charge in [0.1, 0.15) is 11.2 Å². The number of para-hydroxylation sites is 1. The van der Waals surface area contributed by atoms with E-state index in [2.05, 4.69) is 198 Å². The van der Waals surface area contributed by atoms with Gasteiger partial charge in [0, 0.05) is 90.0 Å². The first-order valence-electron chi connectivity index (χ1n) is 21.6. The summed E-state index contributed by atoms with van der Waals surface area (Å²) in [7, 11) is 2.46. The first kappa shape index (κ1) is 36.3. The summed E-state index contributed by atoms with van der Waals surface area (Å²) in [5.74, 6) is 0. The van der Waals surface area contributed by atoms with Crippen LogP contribution < -0.4 is 16.2 Å². The summed E-state index contributed by atoms with van der Waals surface area (Å²) in [5.41, 5.74) is 15.3. The molecule has 1 radical (unpaired) electrons. The van der Waals surface area contributed by atoms with Gasteiger partial charge in [0.05, 0.1) is 5.52 Å². The smallest absolute Gasteiger partial charge is 0.197 e. The highest BCUT2D eigenvalue weighted by molar-refractivity contribution is 7.26. The lowest BCUT2D eigenvalue weighted by molar-refractivity contribution is 0.590.